The molecule has 1 aromatic heterocycles. The number of esters is 1. The quantitative estimate of drug-likeness (QED) is 0.402. The van der Waals surface area contributed by atoms with Gasteiger partial charge in [0.05, 0.1) is 23.8 Å². The zero-order chi connectivity index (χ0) is 18.6. The fraction of sp³-hybridized carbons (Fsp3) is 0.667. The van der Waals surface area contributed by atoms with Crippen LogP contribution in [-0.2, 0) is 18.6 Å². The number of nitrogen functional groups attached to an aromatic ring is 1. The first-order valence-corrected chi connectivity index (χ1v) is 9.42. The van der Waals surface area contributed by atoms with E-state index in [0.29, 0.717) is 0 Å². The smallest absolute Gasteiger partial charge is 0.468 e. The molecule has 1 aromatic rings. The molecule has 2 rings (SSSR count). The Morgan fingerprint density at radius 3 is 3.04 bits per heavy atom. The van der Waals surface area contributed by atoms with Crippen molar-refractivity contribution in [1.29, 1.82) is 0 Å². The minimum atomic E-state index is -2.31. The van der Waals surface area contributed by atoms with Gasteiger partial charge in [0, 0.05) is 6.42 Å². The first-order valence-electron chi connectivity index (χ1n) is 7.30. The van der Waals surface area contributed by atoms with Crippen molar-refractivity contribution in [2.24, 2.45) is 0 Å². The number of hydrogen-bond donors (Lipinski definition) is 3. The SMILES string of the molecule is COC(=O)[C@H](C)N[P+](=O)OCC1S[C@@H](n2cnc(N)nc2=O)C[C@H]1O. The highest BCUT2D eigenvalue weighted by atomic mass is 32.2. The van der Waals surface area contributed by atoms with Crippen molar-refractivity contribution in [1.82, 2.24) is 19.6 Å². The summed E-state index contributed by atoms with van der Waals surface area (Å²) in [7, 11) is -1.08. The van der Waals surface area contributed by atoms with Crippen LogP contribution < -0.4 is 16.5 Å². The fourth-order valence-electron chi connectivity index (χ4n) is 2.15. The number of hydrogen-bond acceptors (Lipinski definition) is 10. The van der Waals surface area contributed by atoms with E-state index >= 15 is 0 Å². The Kier molecular flexibility index (Phi) is 6.85. The summed E-state index contributed by atoms with van der Waals surface area (Å²) in [5.74, 6) is -0.683. The van der Waals surface area contributed by atoms with Gasteiger partial charge in [0.25, 0.3) is 0 Å². The van der Waals surface area contributed by atoms with E-state index in [4.69, 9.17) is 10.3 Å². The lowest BCUT2D eigenvalue weighted by atomic mass is 10.2. The van der Waals surface area contributed by atoms with Crippen molar-refractivity contribution in [2.75, 3.05) is 19.5 Å². The number of aliphatic hydroxyl groups is 1. The topological polar surface area (TPSA) is 159 Å². The number of ether oxygens (including phenoxy) is 1. The Balaban J connectivity index is 1.88. The Hall–Kier alpha value is -1.59. The molecule has 0 radical (unpaired) electrons. The van der Waals surface area contributed by atoms with Crippen LogP contribution in [0, 0.1) is 0 Å². The van der Waals surface area contributed by atoms with Crippen molar-refractivity contribution in [3.05, 3.63) is 16.8 Å². The number of rotatable bonds is 7. The third-order valence-electron chi connectivity index (χ3n) is 3.47. The van der Waals surface area contributed by atoms with Crippen LogP contribution >= 0.6 is 19.9 Å². The summed E-state index contributed by atoms with van der Waals surface area (Å²) in [6.45, 7) is 1.47. The Labute approximate surface area is 148 Å². The van der Waals surface area contributed by atoms with Gasteiger partial charge in [0.2, 0.25) is 5.95 Å². The summed E-state index contributed by atoms with van der Waals surface area (Å²) in [5.41, 5.74) is 4.79. The van der Waals surface area contributed by atoms with Gasteiger partial charge in [0.1, 0.15) is 19.0 Å². The van der Waals surface area contributed by atoms with Gasteiger partial charge >= 0.3 is 19.8 Å². The van der Waals surface area contributed by atoms with E-state index in [2.05, 4.69) is 19.8 Å². The van der Waals surface area contributed by atoms with Crippen LogP contribution in [-0.4, -0.2) is 56.7 Å². The van der Waals surface area contributed by atoms with Gasteiger partial charge in [-0.25, -0.2) is 9.78 Å². The average molecular weight is 392 g/mol. The van der Waals surface area contributed by atoms with E-state index in [1.165, 1.54) is 36.7 Å². The van der Waals surface area contributed by atoms with Gasteiger partial charge < -0.3 is 15.6 Å². The molecule has 0 saturated carbocycles. The Morgan fingerprint density at radius 2 is 2.40 bits per heavy atom. The lowest BCUT2D eigenvalue weighted by Gasteiger charge is -2.11. The molecule has 5 atom stereocenters. The van der Waals surface area contributed by atoms with Crippen LogP contribution in [0.3, 0.4) is 0 Å². The summed E-state index contributed by atoms with van der Waals surface area (Å²) in [6.07, 6.45) is 0.799. The van der Waals surface area contributed by atoms with Crippen molar-refractivity contribution in [3.8, 4) is 0 Å². The molecule has 13 heteroatoms. The maximum atomic E-state index is 11.8. The molecule has 0 aliphatic carbocycles. The van der Waals surface area contributed by atoms with Gasteiger partial charge in [-0.15, -0.1) is 16.3 Å². The highest BCUT2D eigenvalue weighted by Crippen LogP contribution is 2.41. The highest BCUT2D eigenvalue weighted by Gasteiger charge is 2.38. The lowest BCUT2D eigenvalue weighted by molar-refractivity contribution is -0.142. The van der Waals surface area contributed by atoms with Crippen LogP contribution in [0.5, 0.6) is 0 Å². The van der Waals surface area contributed by atoms with Crippen molar-refractivity contribution >= 4 is 31.9 Å². The molecule has 1 saturated heterocycles. The van der Waals surface area contributed by atoms with Gasteiger partial charge in [-0.2, -0.15) is 4.98 Å². The second-order valence-electron chi connectivity index (χ2n) is 5.26. The minimum absolute atomic E-state index is 0.0248. The molecular weight excluding hydrogens is 373 g/mol. The first kappa shape index (κ1) is 19.7. The maximum absolute atomic E-state index is 11.8. The number of aromatic nitrogens is 3. The summed E-state index contributed by atoms with van der Waals surface area (Å²) < 4.78 is 22.8. The molecule has 1 aliphatic heterocycles. The number of carbonyl (C=O) groups excluding carboxylic acids is 1. The molecule has 0 aromatic carbocycles. The normalized spacial score (nSPS) is 24.8. The summed E-state index contributed by atoms with van der Waals surface area (Å²) in [5, 5.41) is 11.8. The lowest BCUT2D eigenvalue weighted by Crippen LogP contribution is -2.31. The molecule has 0 bridgehead atoms. The van der Waals surface area contributed by atoms with Gasteiger partial charge in [-0.3, -0.25) is 9.36 Å². The molecule has 1 aliphatic rings. The van der Waals surface area contributed by atoms with E-state index in [1.807, 2.05) is 0 Å². The average Bonchev–Trinajstić information content (AvgIpc) is 2.92. The summed E-state index contributed by atoms with van der Waals surface area (Å²) in [4.78, 5) is 30.4. The van der Waals surface area contributed by atoms with E-state index in [1.54, 1.807) is 0 Å². The number of carbonyl (C=O) groups is 1. The molecule has 11 nitrogen and oxygen atoms in total. The van der Waals surface area contributed by atoms with Crippen LogP contribution in [0.15, 0.2) is 11.1 Å². The van der Waals surface area contributed by atoms with E-state index in [9.17, 15) is 19.3 Å². The summed E-state index contributed by atoms with van der Waals surface area (Å²) >= 11 is 1.28. The largest absolute Gasteiger partial charge is 0.613 e. The molecule has 4 N–H and O–H groups in total. The number of nitrogens with one attached hydrogen (secondary N) is 1. The van der Waals surface area contributed by atoms with Crippen LogP contribution in [0.1, 0.15) is 18.7 Å². The Bertz CT molecular complexity index is 703. The van der Waals surface area contributed by atoms with Crippen LogP contribution in [0.25, 0.3) is 0 Å². The van der Waals surface area contributed by atoms with E-state index < -0.39 is 37.2 Å². The number of nitrogens with two attached hydrogens (primary N) is 1. The molecule has 2 heterocycles. The van der Waals surface area contributed by atoms with Gasteiger partial charge in [0.15, 0.2) is 0 Å². The number of aliphatic hydroxyl groups excluding tert-OH is 1. The zero-order valence-corrected chi connectivity index (χ0v) is 15.3. The van der Waals surface area contributed by atoms with Gasteiger partial charge in [-0.05, 0) is 11.5 Å². The molecule has 0 spiro atoms. The molecule has 25 heavy (non-hydrogen) atoms. The maximum Gasteiger partial charge on any atom is 0.613 e. The monoisotopic (exact) mass is 392 g/mol. The van der Waals surface area contributed by atoms with Crippen molar-refractivity contribution in [3.63, 3.8) is 0 Å². The number of nitrogens with zero attached hydrogens (tertiary/aromatic N) is 3. The van der Waals surface area contributed by atoms with Crippen molar-refractivity contribution in [2.45, 2.75) is 36.1 Å². The van der Waals surface area contributed by atoms with Crippen LogP contribution in [0.4, 0.5) is 5.95 Å². The molecule has 2 unspecified atom stereocenters. The second kappa shape index (κ2) is 8.68. The minimum Gasteiger partial charge on any atom is -0.468 e. The van der Waals surface area contributed by atoms with E-state index in [-0.39, 0.29) is 24.3 Å². The molecule has 0 amide bonds. The number of anilines is 1. The second-order valence-corrected chi connectivity index (χ2v) is 7.72. The molecule has 138 valence electrons. The summed E-state index contributed by atoms with van der Waals surface area (Å²) in [6, 6.07) is -0.784. The third-order valence-corrected chi connectivity index (χ3v) is 5.99. The standard InChI is InChI=1S/C12H18N5O6PS/c1-6(10(19)22-2)16-24(21)23-4-8-7(18)3-9(25-8)17-5-14-11(13)15-12(17)20/h5-9,18H,3-4H2,1-2H3,(H2-,13,15,16,20,21)/p+1/t6-,7+,8?,9+/m0/s1. The number of methoxy groups -OCH3 is 1. The third kappa shape index (κ3) is 5.19. The molecular formula is C12H19N5O6PS+. The fourth-order valence-corrected chi connectivity index (χ4v) is 4.47. The molecule has 1 fully saturated rings. The van der Waals surface area contributed by atoms with Gasteiger partial charge in [-0.1, -0.05) is 5.09 Å². The predicted molar refractivity (Wildman–Crippen MR) is 89.9 cm³/mol. The predicted octanol–water partition coefficient (Wildman–Crippen LogP) is -0.589. The van der Waals surface area contributed by atoms with Crippen molar-refractivity contribution < 1.29 is 23.7 Å². The first-order chi connectivity index (χ1) is 11.8. The zero-order valence-electron chi connectivity index (χ0n) is 13.6. The van der Waals surface area contributed by atoms with E-state index in [0.717, 1.165) is 0 Å². The Morgan fingerprint density at radius 1 is 1.68 bits per heavy atom. The van der Waals surface area contributed by atoms with Crippen LogP contribution in [0.2, 0.25) is 0 Å². The number of thioether (sulfide) groups is 1. The highest BCUT2D eigenvalue weighted by molar-refractivity contribution is 8.00.